The normalized spacial score (nSPS) is 18.5. The van der Waals surface area contributed by atoms with E-state index in [-0.39, 0.29) is 24.4 Å². The van der Waals surface area contributed by atoms with Crippen molar-refractivity contribution < 1.29 is 18.7 Å². The molecule has 7 nitrogen and oxygen atoms in total. The summed E-state index contributed by atoms with van der Waals surface area (Å²) in [4.78, 5) is 24.4. The highest BCUT2D eigenvalue weighted by atomic mass is 19.1. The van der Waals surface area contributed by atoms with Crippen LogP contribution < -0.4 is 26.4 Å². The third kappa shape index (κ3) is 4.85. The van der Waals surface area contributed by atoms with Crippen molar-refractivity contribution in [1.29, 1.82) is 0 Å². The summed E-state index contributed by atoms with van der Waals surface area (Å²) in [5, 5.41) is 0. The van der Waals surface area contributed by atoms with Crippen molar-refractivity contribution in [2.45, 2.75) is 19.9 Å². The molecule has 2 aromatic rings. The Bertz CT molecular complexity index is 857. The third-order valence-corrected chi connectivity index (χ3v) is 4.72. The van der Waals surface area contributed by atoms with Crippen molar-refractivity contribution in [2.24, 2.45) is 5.92 Å². The van der Waals surface area contributed by atoms with Crippen molar-refractivity contribution in [3.8, 4) is 5.75 Å². The predicted molar refractivity (Wildman–Crippen MR) is 101 cm³/mol. The summed E-state index contributed by atoms with van der Waals surface area (Å²) in [7, 11) is 0. The maximum Gasteiger partial charge on any atom is 0.276 e. The molecule has 2 aromatic carbocycles. The van der Waals surface area contributed by atoms with Crippen LogP contribution in [0.25, 0.3) is 0 Å². The van der Waals surface area contributed by atoms with E-state index in [0.717, 1.165) is 16.7 Å². The second-order valence-electron chi connectivity index (χ2n) is 6.73. The number of nitrogens with one attached hydrogen (secondary N) is 4. The van der Waals surface area contributed by atoms with Gasteiger partial charge in [0.1, 0.15) is 11.6 Å². The smallest absolute Gasteiger partial charge is 0.276 e. The Balaban J connectivity index is 1.49. The van der Waals surface area contributed by atoms with Crippen LogP contribution >= 0.6 is 0 Å². The highest BCUT2D eigenvalue weighted by molar-refractivity contribution is 5.84. The van der Waals surface area contributed by atoms with Gasteiger partial charge in [0.05, 0.1) is 12.0 Å². The molecule has 0 aliphatic carbocycles. The Labute approximate surface area is 162 Å². The highest BCUT2D eigenvalue weighted by Gasteiger charge is 2.34. The number of rotatable bonds is 5. The van der Waals surface area contributed by atoms with Crippen LogP contribution in [0.1, 0.15) is 22.7 Å². The fourth-order valence-corrected chi connectivity index (χ4v) is 2.94. The van der Waals surface area contributed by atoms with Crippen molar-refractivity contribution in [2.75, 3.05) is 13.2 Å². The number of carbonyl (C=O) groups is 2. The number of hydrogen-bond donors (Lipinski definition) is 4. The summed E-state index contributed by atoms with van der Waals surface area (Å²) >= 11 is 0. The summed E-state index contributed by atoms with van der Waals surface area (Å²) in [5.74, 6) is -1.04. The van der Waals surface area contributed by atoms with Gasteiger partial charge in [-0.05, 0) is 54.8 Å². The first-order chi connectivity index (χ1) is 13.4. The number of hydrogen-bond acceptors (Lipinski definition) is 5. The average Bonchev–Trinajstić information content (AvgIpc) is 3.17. The summed E-state index contributed by atoms with van der Waals surface area (Å²) in [6.07, 6.45) is 0. The van der Waals surface area contributed by atoms with Crippen LogP contribution in [-0.2, 0) is 9.59 Å². The predicted octanol–water partition coefficient (Wildman–Crippen LogP) is 1.43. The van der Waals surface area contributed by atoms with Crippen LogP contribution in [0, 0.1) is 25.6 Å². The molecule has 0 aromatic heterocycles. The van der Waals surface area contributed by atoms with Gasteiger partial charge in [-0.1, -0.05) is 18.2 Å². The van der Waals surface area contributed by atoms with E-state index in [1.54, 1.807) is 18.2 Å². The minimum absolute atomic E-state index is 0.217. The first-order valence-electron chi connectivity index (χ1n) is 8.96. The second-order valence-corrected chi connectivity index (χ2v) is 6.73. The number of aryl methyl sites for hydroxylation is 2. The average molecular weight is 386 g/mol. The molecule has 1 heterocycles. The molecular formula is C20H23FN4O3. The molecule has 4 N–H and O–H groups in total. The largest absolute Gasteiger partial charge is 0.484 e. The van der Waals surface area contributed by atoms with Crippen LogP contribution in [0.15, 0.2) is 42.5 Å². The number of halogens is 1. The number of carbonyl (C=O) groups excluding carboxylic acids is 2. The summed E-state index contributed by atoms with van der Waals surface area (Å²) < 4.78 is 18.5. The van der Waals surface area contributed by atoms with E-state index in [4.69, 9.17) is 4.74 Å². The zero-order chi connectivity index (χ0) is 20.1. The summed E-state index contributed by atoms with van der Waals surface area (Å²) in [5.41, 5.74) is 13.7. The monoisotopic (exact) mass is 386 g/mol. The molecule has 2 atom stereocenters. The molecule has 1 fully saturated rings. The van der Waals surface area contributed by atoms with Crippen molar-refractivity contribution in [1.82, 2.24) is 21.7 Å². The molecule has 1 aliphatic rings. The van der Waals surface area contributed by atoms with Crippen molar-refractivity contribution >= 4 is 11.8 Å². The molecule has 0 saturated carbocycles. The summed E-state index contributed by atoms with van der Waals surface area (Å²) in [6.45, 7) is 4.12. The number of amides is 2. The molecule has 0 radical (unpaired) electrons. The number of ether oxygens (including phenoxy) is 1. The zero-order valence-electron chi connectivity index (χ0n) is 15.7. The van der Waals surface area contributed by atoms with E-state index in [1.807, 2.05) is 26.0 Å². The van der Waals surface area contributed by atoms with Gasteiger partial charge >= 0.3 is 0 Å². The molecule has 1 aliphatic heterocycles. The summed E-state index contributed by atoms with van der Waals surface area (Å²) in [6, 6.07) is 11.2. The minimum Gasteiger partial charge on any atom is -0.484 e. The zero-order valence-corrected chi connectivity index (χ0v) is 15.7. The van der Waals surface area contributed by atoms with Gasteiger partial charge in [0, 0.05) is 6.54 Å². The van der Waals surface area contributed by atoms with Gasteiger partial charge in [-0.25, -0.2) is 9.82 Å². The molecule has 0 spiro atoms. The lowest BCUT2D eigenvalue weighted by molar-refractivity contribution is -0.132. The van der Waals surface area contributed by atoms with E-state index >= 15 is 0 Å². The lowest BCUT2D eigenvalue weighted by Crippen LogP contribution is -2.47. The van der Waals surface area contributed by atoms with Crippen LogP contribution in [0.3, 0.4) is 0 Å². The van der Waals surface area contributed by atoms with Gasteiger partial charge in [-0.3, -0.25) is 25.9 Å². The van der Waals surface area contributed by atoms with Crippen molar-refractivity contribution in [3.05, 3.63) is 65.0 Å². The highest BCUT2D eigenvalue weighted by Crippen LogP contribution is 2.25. The fraction of sp³-hybridized carbons (Fsp3) is 0.300. The maximum absolute atomic E-state index is 13.1. The van der Waals surface area contributed by atoms with E-state index in [0.29, 0.717) is 12.3 Å². The van der Waals surface area contributed by atoms with Gasteiger partial charge in [0.2, 0.25) is 5.91 Å². The first-order valence-corrected chi connectivity index (χ1v) is 8.96. The molecule has 148 valence electrons. The minimum atomic E-state index is -0.469. The Morgan fingerprint density at radius 2 is 1.86 bits per heavy atom. The molecular weight excluding hydrogens is 363 g/mol. The second kappa shape index (κ2) is 8.81. The SMILES string of the molecule is Cc1ccc(OCC(=O)NNC(=O)C2CNNC2c2ccc(F)cc2)cc1C. The van der Waals surface area contributed by atoms with E-state index < -0.39 is 11.8 Å². The van der Waals surface area contributed by atoms with Gasteiger partial charge < -0.3 is 4.74 Å². The molecule has 0 bridgehead atoms. The van der Waals surface area contributed by atoms with E-state index in [9.17, 15) is 14.0 Å². The Hall–Kier alpha value is -2.97. The topological polar surface area (TPSA) is 91.5 Å². The lowest BCUT2D eigenvalue weighted by atomic mass is 9.94. The molecule has 2 amide bonds. The molecule has 28 heavy (non-hydrogen) atoms. The van der Waals surface area contributed by atoms with Crippen LogP contribution in [0.4, 0.5) is 4.39 Å². The van der Waals surface area contributed by atoms with Gasteiger partial charge in [0.15, 0.2) is 6.61 Å². The quantitative estimate of drug-likeness (QED) is 0.584. The van der Waals surface area contributed by atoms with Crippen molar-refractivity contribution in [3.63, 3.8) is 0 Å². The number of benzene rings is 2. The molecule has 2 unspecified atom stereocenters. The van der Waals surface area contributed by atoms with E-state index in [1.165, 1.54) is 12.1 Å². The van der Waals surface area contributed by atoms with Crippen LogP contribution in [-0.4, -0.2) is 25.0 Å². The third-order valence-electron chi connectivity index (χ3n) is 4.72. The van der Waals surface area contributed by atoms with Gasteiger partial charge in [-0.15, -0.1) is 0 Å². The Kier molecular flexibility index (Phi) is 6.23. The molecule has 1 saturated heterocycles. The maximum atomic E-state index is 13.1. The van der Waals surface area contributed by atoms with Crippen LogP contribution in [0.2, 0.25) is 0 Å². The number of hydrazine groups is 2. The Morgan fingerprint density at radius 1 is 1.11 bits per heavy atom. The van der Waals surface area contributed by atoms with E-state index in [2.05, 4.69) is 21.7 Å². The van der Waals surface area contributed by atoms with Gasteiger partial charge in [0.25, 0.3) is 5.91 Å². The molecule has 3 rings (SSSR count). The lowest BCUT2D eigenvalue weighted by Gasteiger charge is -2.18. The first kappa shape index (κ1) is 19.8. The fourth-order valence-electron chi connectivity index (χ4n) is 2.94. The van der Waals surface area contributed by atoms with Gasteiger partial charge in [-0.2, -0.15) is 0 Å². The molecule has 8 heteroatoms. The Morgan fingerprint density at radius 3 is 2.57 bits per heavy atom. The standard InChI is InChI=1S/C20H23FN4O3/c1-12-3-8-16(9-13(12)2)28-11-18(26)23-25-20(27)17-10-22-24-19(17)14-4-6-15(21)7-5-14/h3-9,17,19,22,24H,10-11H2,1-2H3,(H,23,26)(H,25,27). The van der Waals surface area contributed by atoms with Crippen LogP contribution in [0.5, 0.6) is 5.75 Å².